The van der Waals surface area contributed by atoms with Crippen molar-refractivity contribution in [1.82, 2.24) is 9.55 Å². The van der Waals surface area contributed by atoms with Crippen LogP contribution in [0.3, 0.4) is 0 Å². The van der Waals surface area contributed by atoms with E-state index in [4.69, 9.17) is 4.98 Å². The summed E-state index contributed by atoms with van der Waals surface area (Å²) in [6.07, 6.45) is 1.89. The maximum absolute atomic E-state index is 4.76. The Morgan fingerprint density at radius 2 is 1.44 bits per heavy atom. The molecule has 4 nitrogen and oxygen atoms in total. The third kappa shape index (κ3) is 4.86. The first-order valence-electron chi connectivity index (χ1n) is 14.7. The van der Waals surface area contributed by atoms with Crippen LogP contribution in [0.15, 0.2) is 97.2 Å². The summed E-state index contributed by atoms with van der Waals surface area (Å²) < 4.78 is 2.25. The van der Waals surface area contributed by atoms with E-state index in [9.17, 15) is 0 Å². The fraction of sp³-hybridized carbons (Fsp3) is 0.237. The van der Waals surface area contributed by atoms with Gasteiger partial charge in [0.25, 0.3) is 0 Å². The summed E-state index contributed by atoms with van der Waals surface area (Å²) in [5.41, 5.74) is 8.89. The molecule has 5 heteroatoms. The molecule has 7 rings (SSSR count). The number of nitrogens with zero attached hydrogens (tertiary/aromatic N) is 4. The molecule has 0 spiro atoms. The van der Waals surface area contributed by atoms with Crippen molar-refractivity contribution >= 4 is 38.9 Å². The first kappa shape index (κ1) is 29.2. The number of benzene rings is 4. The summed E-state index contributed by atoms with van der Waals surface area (Å²) in [7, 11) is 0. The number of aromatic nitrogens is 2. The standard InChI is InChI=1S/C38H36N4.Pt/c1-26-20-21-39-36(22-26)42-32-15-8-7-14-30(32)31-19-18-28(24-35(31)42)38(5,6)27-12-11-13-29(23-27)40-25-41(37(2,3)4)34-17-10-9-16-33(34)40;/h7-22H,25H2,1-6H3;/q-2;+2. The van der Waals surface area contributed by atoms with Gasteiger partial charge in [-0.25, -0.2) is 4.98 Å². The van der Waals surface area contributed by atoms with E-state index in [1.54, 1.807) is 0 Å². The molecule has 3 heterocycles. The van der Waals surface area contributed by atoms with Crippen molar-refractivity contribution in [3.05, 3.63) is 126 Å². The van der Waals surface area contributed by atoms with Crippen molar-refractivity contribution < 1.29 is 21.1 Å². The monoisotopic (exact) mass is 743 g/mol. The summed E-state index contributed by atoms with van der Waals surface area (Å²) in [4.78, 5) is 9.61. The largest absolute Gasteiger partial charge is 2.00 e. The molecule has 0 fully saturated rings. The molecule has 0 saturated heterocycles. The van der Waals surface area contributed by atoms with E-state index >= 15 is 0 Å². The van der Waals surface area contributed by atoms with E-state index < -0.39 is 0 Å². The van der Waals surface area contributed by atoms with E-state index in [1.165, 1.54) is 27.7 Å². The SMILES string of the molecule is Cc1ccnc(-n2c3[c-]c(C(C)(C)c4[c-]c(N5CN(C(C)(C)C)c6ccccc65)ccc4)ccc3c3ccccc32)c1.[Pt+2]. The maximum Gasteiger partial charge on any atom is 2.00 e. The molecule has 0 saturated carbocycles. The van der Waals surface area contributed by atoms with Crippen LogP contribution in [0.5, 0.6) is 0 Å². The van der Waals surface area contributed by atoms with Crippen LogP contribution in [-0.4, -0.2) is 21.8 Å². The van der Waals surface area contributed by atoms with Crippen LogP contribution in [0.2, 0.25) is 0 Å². The van der Waals surface area contributed by atoms with Gasteiger partial charge in [0.15, 0.2) is 0 Å². The number of aryl methyl sites for hydroxylation is 1. The van der Waals surface area contributed by atoms with Crippen LogP contribution in [0, 0.1) is 19.1 Å². The van der Waals surface area contributed by atoms with Gasteiger partial charge in [-0.1, -0.05) is 55.4 Å². The van der Waals surface area contributed by atoms with Gasteiger partial charge >= 0.3 is 21.1 Å². The van der Waals surface area contributed by atoms with Crippen LogP contribution >= 0.6 is 0 Å². The summed E-state index contributed by atoms with van der Waals surface area (Å²) in [5, 5.41) is 2.39. The summed E-state index contributed by atoms with van der Waals surface area (Å²) in [6, 6.07) is 40.1. The Bertz CT molecular complexity index is 1960. The zero-order chi connectivity index (χ0) is 29.2. The fourth-order valence-corrected chi connectivity index (χ4v) is 6.26. The van der Waals surface area contributed by atoms with Gasteiger partial charge in [0.05, 0.1) is 18.0 Å². The number of para-hydroxylation sites is 3. The van der Waals surface area contributed by atoms with Gasteiger partial charge in [0, 0.05) is 17.3 Å². The molecule has 2 aromatic heterocycles. The van der Waals surface area contributed by atoms with Gasteiger partial charge < -0.3 is 14.4 Å². The number of rotatable bonds is 4. The van der Waals surface area contributed by atoms with Crippen LogP contribution < -0.4 is 9.80 Å². The average Bonchev–Trinajstić information content (AvgIpc) is 3.54. The molecule has 218 valence electrons. The normalized spacial score (nSPS) is 13.4. The molecule has 1 aliphatic rings. The predicted molar refractivity (Wildman–Crippen MR) is 175 cm³/mol. The molecule has 0 N–H and O–H groups in total. The first-order chi connectivity index (χ1) is 20.1. The first-order valence-corrected chi connectivity index (χ1v) is 14.7. The Labute approximate surface area is 269 Å². The molecule has 0 bridgehead atoms. The fourth-order valence-electron chi connectivity index (χ4n) is 6.26. The van der Waals surface area contributed by atoms with Crippen LogP contribution in [-0.2, 0) is 26.5 Å². The maximum atomic E-state index is 4.76. The molecule has 0 amide bonds. The van der Waals surface area contributed by atoms with Gasteiger partial charge in [-0.05, 0) is 74.4 Å². The Morgan fingerprint density at radius 3 is 2.21 bits per heavy atom. The molecular formula is C38H36N4Pt. The summed E-state index contributed by atoms with van der Waals surface area (Å²) >= 11 is 0. The van der Waals surface area contributed by atoms with Crippen LogP contribution in [0.1, 0.15) is 51.3 Å². The Balaban J connectivity index is 0.00000329. The van der Waals surface area contributed by atoms with Gasteiger partial charge in [-0.15, -0.1) is 11.5 Å². The van der Waals surface area contributed by atoms with Crippen LogP contribution in [0.4, 0.5) is 17.1 Å². The zero-order valence-electron chi connectivity index (χ0n) is 25.5. The van der Waals surface area contributed by atoms with Gasteiger partial charge in [-0.2, -0.15) is 47.5 Å². The Hall–Kier alpha value is -3.88. The molecule has 0 unspecified atom stereocenters. The van der Waals surface area contributed by atoms with E-state index in [0.29, 0.717) is 0 Å². The quantitative estimate of drug-likeness (QED) is 0.169. The second-order valence-electron chi connectivity index (χ2n) is 12.9. The van der Waals surface area contributed by atoms with Crippen molar-refractivity contribution in [3.63, 3.8) is 0 Å². The van der Waals surface area contributed by atoms with Crippen molar-refractivity contribution in [3.8, 4) is 5.82 Å². The van der Waals surface area contributed by atoms with Gasteiger partial charge in [0.2, 0.25) is 0 Å². The molecule has 4 aromatic carbocycles. The molecule has 43 heavy (non-hydrogen) atoms. The second kappa shape index (κ2) is 10.7. The molecule has 0 atom stereocenters. The number of hydrogen-bond donors (Lipinski definition) is 0. The van der Waals surface area contributed by atoms with Gasteiger partial charge in [-0.3, -0.25) is 0 Å². The van der Waals surface area contributed by atoms with Crippen molar-refractivity contribution in [1.29, 1.82) is 0 Å². The molecule has 0 aliphatic carbocycles. The summed E-state index contributed by atoms with van der Waals surface area (Å²) in [6.45, 7) is 14.3. The Kier molecular flexibility index (Phi) is 7.25. The van der Waals surface area contributed by atoms with E-state index in [2.05, 4.69) is 153 Å². The third-order valence-corrected chi connectivity index (χ3v) is 8.69. The van der Waals surface area contributed by atoms with E-state index in [0.717, 1.165) is 40.3 Å². The third-order valence-electron chi connectivity index (χ3n) is 8.69. The van der Waals surface area contributed by atoms with Crippen molar-refractivity contribution in [2.75, 3.05) is 16.5 Å². The topological polar surface area (TPSA) is 24.3 Å². The number of hydrogen-bond acceptors (Lipinski definition) is 3. The molecular weight excluding hydrogens is 708 g/mol. The number of fused-ring (bicyclic) bond motifs is 4. The number of anilines is 3. The minimum atomic E-state index is -0.325. The van der Waals surface area contributed by atoms with Crippen molar-refractivity contribution in [2.24, 2.45) is 0 Å². The molecule has 1 aliphatic heterocycles. The molecule has 6 aromatic rings. The summed E-state index contributed by atoms with van der Waals surface area (Å²) in [5.74, 6) is 0.914. The average molecular weight is 744 g/mol. The second-order valence-corrected chi connectivity index (χ2v) is 12.9. The molecule has 0 radical (unpaired) electrons. The van der Waals surface area contributed by atoms with Crippen LogP contribution in [0.25, 0.3) is 27.6 Å². The van der Waals surface area contributed by atoms with Gasteiger partial charge in [0.1, 0.15) is 5.82 Å². The smallest absolute Gasteiger partial charge is 0.347 e. The van der Waals surface area contributed by atoms with E-state index in [1.807, 2.05) is 12.3 Å². The van der Waals surface area contributed by atoms with E-state index in [-0.39, 0.29) is 32.0 Å². The number of pyridine rings is 1. The van der Waals surface area contributed by atoms with Crippen molar-refractivity contribution in [2.45, 2.75) is 52.5 Å². The zero-order valence-corrected chi connectivity index (χ0v) is 27.8. The Morgan fingerprint density at radius 1 is 0.721 bits per heavy atom. The predicted octanol–water partition coefficient (Wildman–Crippen LogP) is 9.12. The minimum Gasteiger partial charge on any atom is -0.347 e. The minimum absolute atomic E-state index is 0.